The summed E-state index contributed by atoms with van der Waals surface area (Å²) < 4.78 is 13.5. The molecule has 0 saturated carbocycles. The van der Waals surface area contributed by atoms with Crippen molar-refractivity contribution >= 4 is 0 Å². The van der Waals surface area contributed by atoms with Gasteiger partial charge in [0.1, 0.15) is 6.17 Å². The molecule has 1 heterocycles. The first-order chi connectivity index (χ1) is 7.13. The molecule has 1 aliphatic heterocycles. The molecule has 1 aliphatic rings. The van der Waals surface area contributed by atoms with E-state index in [1.807, 2.05) is 24.3 Å². The molecule has 15 heavy (non-hydrogen) atoms. The van der Waals surface area contributed by atoms with Crippen LogP contribution in [-0.2, 0) is 5.54 Å². The van der Waals surface area contributed by atoms with Crippen LogP contribution in [0.15, 0.2) is 24.3 Å². The van der Waals surface area contributed by atoms with Gasteiger partial charge in [0.25, 0.3) is 0 Å². The molecule has 0 aromatic heterocycles. The average molecular weight is 207 g/mol. The smallest absolute Gasteiger partial charge is 0.123 e. The van der Waals surface area contributed by atoms with Gasteiger partial charge in [0.15, 0.2) is 0 Å². The standard InChI is InChI=1S/C13H18FN/c1-10(14)11-6-3-4-7-12(11)13(2)8-5-9-15-13/h3-4,6-7,10,15H,5,8-9H2,1-2H3. The topological polar surface area (TPSA) is 12.0 Å². The van der Waals surface area contributed by atoms with E-state index in [4.69, 9.17) is 0 Å². The molecule has 0 amide bonds. The van der Waals surface area contributed by atoms with Crippen molar-refractivity contribution in [2.45, 2.75) is 38.4 Å². The third kappa shape index (κ3) is 1.91. The third-order valence-corrected chi connectivity index (χ3v) is 3.35. The number of benzene rings is 1. The molecule has 0 bridgehead atoms. The van der Waals surface area contributed by atoms with E-state index in [9.17, 15) is 4.39 Å². The molecular weight excluding hydrogens is 189 g/mol. The van der Waals surface area contributed by atoms with Gasteiger partial charge in [-0.05, 0) is 44.4 Å². The average Bonchev–Trinajstić information content (AvgIpc) is 2.66. The van der Waals surface area contributed by atoms with E-state index in [0.29, 0.717) is 0 Å². The molecular formula is C13H18FN. The Morgan fingerprint density at radius 1 is 1.40 bits per heavy atom. The van der Waals surface area contributed by atoms with E-state index >= 15 is 0 Å². The molecule has 1 fully saturated rings. The second kappa shape index (κ2) is 3.93. The van der Waals surface area contributed by atoms with Gasteiger partial charge in [0.05, 0.1) is 0 Å². The summed E-state index contributed by atoms with van der Waals surface area (Å²) >= 11 is 0. The Balaban J connectivity index is 2.42. The predicted octanol–water partition coefficient (Wildman–Crippen LogP) is 3.32. The van der Waals surface area contributed by atoms with Crippen molar-refractivity contribution in [2.75, 3.05) is 6.54 Å². The zero-order chi connectivity index (χ0) is 10.9. The highest BCUT2D eigenvalue weighted by Crippen LogP contribution is 2.35. The monoisotopic (exact) mass is 207 g/mol. The fraction of sp³-hybridized carbons (Fsp3) is 0.538. The van der Waals surface area contributed by atoms with E-state index in [0.717, 1.165) is 24.1 Å². The molecule has 0 radical (unpaired) electrons. The maximum Gasteiger partial charge on any atom is 0.123 e. The Morgan fingerprint density at radius 2 is 2.13 bits per heavy atom. The van der Waals surface area contributed by atoms with Crippen LogP contribution in [0.3, 0.4) is 0 Å². The van der Waals surface area contributed by atoms with Crippen LogP contribution >= 0.6 is 0 Å². The first-order valence-corrected chi connectivity index (χ1v) is 5.62. The van der Waals surface area contributed by atoms with Crippen LogP contribution in [0, 0.1) is 0 Å². The number of hydrogen-bond acceptors (Lipinski definition) is 1. The highest BCUT2D eigenvalue weighted by molar-refractivity contribution is 5.35. The maximum atomic E-state index is 13.5. The molecule has 1 aromatic rings. The van der Waals surface area contributed by atoms with Gasteiger partial charge in [-0.3, -0.25) is 0 Å². The molecule has 2 atom stereocenters. The van der Waals surface area contributed by atoms with Gasteiger partial charge < -0.3 is 5.32 Å². The Kier molecular flexibility index (Phi) is 2.79. The number of halogens is 1. The molecule has 0 aliphatic carbocycles. The van der Waals surface area contributed by atoms with Crippen molar-refractivity contribution in [3.63, 3.8) is 0 Å². The molecule has 1 saturated heterocycles. The summed E-state index contributed by atoms with van der Waals surface area (Å²) in [7, 11) is 0. The van der Waals surface area contributed by atoms with Crippen LogP contribution in [0.1, 0.15) is 44.0 Å². The van der Waals surface area contributed by atoms with E-state index in [1.165, 1.54) is 6.42 Å². The molecule has 2 rings (SSSR count). The van der Waals surface area contributed by atoms with Crippen LogP contribution in [-0.4, -0.2) is 6.54 Å². The van der Waals surface area contributed by atoms with Crippen molar-refractivity contribution < 1.29 is 4.39 Å². The van der Waals surface area contributed by atoms with E-state index < -0.39 is 6.17 Å². The fourth-order valence-corrected chi connectivity index (χ4v) is 2.47. The Morgan fingerprint density at radius 3 is 2.73 bits per heavy atom. The lowest BCUT2D eigenvalue weighted by Crippen LogP contribution is -2.34. The van der Waals surface area contributed by atoms with Gasteiger partial charge in [0, 0.05) is 5.54 Å². The quantitative estimate of drug-likeness (QED) is 0.784. The molecule has 2 heteroatoms. The second-order valence-electron chi connectivity index (χ2n) is 4.57. The van der Waals surface area contributed by atoms with Gasteiger partial charge in [-0.15, -0.1) is 0 Å². The van der Waals surface area contributed by atoms with E-state index in [2.05, 4.69) is 12.2 Å². The lowest BCUT2D eigenvalue weighted by molar-refractivity contribution is 0.355. The Hall–Kier alpha value is -0.890. The second-order valence-corrected chi connectivity index (χ2v) is 4.57. The van der Waals surface area contributed by atoms with E-state index in [1.54, 1.807) is 6.92 Å². The van der Waals surface area contributed by atoms with Gasteiger partial charge in [-0.2, -0.15) is 0 Å². The normalized spacial score (nSPS) is 27.9. The van der Waals surface area contributed by atoms with Crippen molar-refractivity contribution in [3.8, 4) is 0 Å². The minimum Gasteiger partial charge on any atom is -0.308 e. The molecule has 0 spiro atoms. The molecule has 1 nitrogen and oxygen atoms in total. The Labute approximate surface area is 90.7 Å². The first kappa shape index (κ1) is 10.6. The summed E-state index contributed by atoms with van der Waals surface area (Å²) in [6, 6.07) is 7.84. The summed E-state index contributed by atoms with van der Waals surface area (Å²) in [5.41, 5.74) is 1.92. The molecule has 1 aromatic carbocycles. The summed E-state index contributed by atoms with van der Waals surface area (Å²) in [4.78, 5) is 0. The van der Waals surface area contributed by atoms with Crippen LogP contribution < -0.4 is 5.32 Å². The van der Waals surface area contributed by atoms with Gasteiger partial charge >= 0.3 is 0 Å². The van der Waals surface area contributed by atoms with Crippen molar-refractivity contribution in [3.05, 3.63) is 35.4 Å². The van der Waals surface area contributed by atoms with Crippen molar-refractivity contribution in [2.24, 2.45) is 0 Å². The van der Waals surface area contributed by atoms with Crippen LogP contribution in [0.25, 0.3) is 0 Å². The summed E-state index contributed by atoms with van der Waals surface area (Å²) in [6.45, 7) is 4.81. The van der Waals surface area contributed by atoms with Crippen LogP contribution in [0.5, 0.6) is 0 Å². The van der Waals surface area contributed by atoms with Gasteiger partial charge in [-0.25, -0.2) is 4.39 Å². The van der Waals surface area contributed by atoms with Gasteiger partial charge in [0.2, 0.25) is 0 Å². The highest BCUT2D eigenvalue weighted by Gasteiger charge is 2.32. The van der Waals surface area contributed by atoms with Crippen molar-refractivity contribution in [1.29, 1.82) is 0 Å². The molecule has 1 N–H and O–H groups in total. The van der Waals surface area contributed by atoms with Crippen LogP contribution in [0.4, 0.5) is 4.39 Å². The molecule has 2 unspecified atom stereocenters. The largest absolute Gasteiger partial charge is 0.308 e. The van der Waals surface area contributed by atoms with Crippen molar-refractivity contribution in [1.82, 2.24) is 5.32 Å². The minimum atomic E-state index is -0.888. The SMILES string of the molecule is CC(F)c1ccccc1C1(C)CCCN1. The van der Waals surface area contributed by atoms with E-state index in [-0.39, 0.29) is 5.54 Å². The Bertz CT molecular complexity index is 340. The third-order valence-electron chi connectivity index (χ3n) is 3.35. The summed E-state index contributed by atoms with van der Waals surface area (Å²) in [6.07, 6.45) is 1.38. The number of hydrogen-bond donors (Lipinski definition) is 1. The minimum absolute atomic E-state index is 0.0308. The van der Waals surface area contributed by atoms with Crippen LogP contribution in [0.2, 0.25) is 0 Å². The number of rotatable bonds is 2. The maximum absolute atomic E-state index is 13.5. The summed E-state index contributed by atoms with van der Waals surface area (Å²) in [5, 5.41) is 3.48. The predicted molar refractivity (Wildman–Crippen MR) is 60.6 cm³/mol. The lowest BCUT2D eigenvalue weighted by Gasteiger charge is -2.28. The summed E-state index contributed by atoms with van der Waals surface area (Å²) in [5.74, 6) is 0. The molecule has 82 valence electrons. The zero-order valence-corrected chi connectivity index (χ0v) is 9.39. The number of alkyl halides is 1. The van der Waals surface area contributed by atoms with Gasteiger partial charge in [-0.1, -0.05) is 24.3 Å². The lowest BCUT2D eigenvalue weighted by atomic mass is 9.86. The highest BCUT2D eigenvalue weighted by atomic mass is 19.1. The zero-order valence-electron chi connectivity index (χ0n) is 9.39. The number of nitrogens with one attached hydrogen (secondary N) is 1. The fourth-order valence-electron chi connectivity index (χ4n) is 2.47. The first-order valence-electron chi connectivity index (χ1n) is 5.62.